The number of nitrogens with zero attached hydrogens (tertiary/aromatic N) is 1. The van der Waals surface area contributed by atoms with Crippen LogP contribution >= 0.6 is 0 Å². The van der Waals surface area contributed by atoms with Crippen LogP contribution in [0.4, 0.5) is 4.79 Å². The van der Waals surface area contributed by atoms with Gasteiger partial charge in [-0.2, -0.15) is 0 Å². The lowest BCUT2D eigenvalue weighted by atomic mass is 9.86. The van der Waals surface area contributed by atoms with Gasteiger partial charge in [-0.05, 0) is 50.3 Å². The van der Waals surface area contributed by atoms with Gasteiger partial charge in [-0.1, -0.05) is 6.07 Å². The number of amides is 1. The second-order valence-electron chi connectivity index (χ2n) is 7.13. The number of carbonyl (C=O) groups excluding carboxylic acids is 2. The number of likely N-dealkylation sites (tertiary alicyclic amines) is 1. The Morgan fingerprint density at radius 1 is 1.08 bits per heavy atom. The number of ketones is 1. The van der Waals surface area contributed by atoms with Crippen LogP contribution in [0.15, 0.2) is 18.2 Å². The van der Waals surface area contributed by atoms with Crippen molar-refractivity contribution in [1.82, 2.24) is 4.90 Å². The van der Waals surface area contributed by atoms with Crippen LogP contribution in [0.1, 0.15) is 44.1 Å². The molecule has 1 heterocycles. The monoisotopic (exact) mass is 361 g/mol. The summed E-state index contributed by atoms with van der Waals surface area (Å²) >= 11 is 0. The van der Waals surface area contributed by atoms with E-state index in [0.717, 1.165) is 24.2 Å². The van der Waals surface area contributed by atoms with Gasteiger partial charge in [0.05, 0.1) is 20.3 Å². The van der Waals surface area contributed by atoms with Crippen molar-refractivity contribution in [3.63, 3.8) is 0 Å². The lowest BCUT2D eigenvalue weighted by molar-refractivity contribution is -0.120. The second-order valence-corrected chi connectivity index (χ2v) is 7.13. The molecule has 1 saturated carbocycles. The third-order valence-corrected chi connectivity index (χ3v) is 5.49. The summed E-state index contributed by atoms with van der Waals surface area (Å²) in [6, 6.07) is 5.82. The Morgan fingerprint density at radius 3 is 2.42 bits per heavy atom. The van der Waals surface area contributed by atoms with Crippen LogP contribution in [-0.4, -0.2) is 50.2 Å². The van der Waals surface area contributed by atoms with Crippen molar-refractivity contribution in [3.05, 3.63) is 23.8 Å². The highest BCUT2D eigenvalue weighted by atomic mass is 16.5. The van der Waals surface area contributed by atoms with Gasteiger partial charge < -0.3 is 19.1 Å². The Bertz CT molecular complexity index is 668. The molecule has 0 spiro atoms. The molecule has 1 aromatic carbocycles. The highest BCUT2D eigenvalue weighted by Gasteiger charge is 2.39. The van der Waals surface area contributed by atoms with Gasteiger partial charge in [0.2, 0.25) is 0 Å². The SMILES string of the molecule is COC(=O)N1C[C@H](C(C)=O)[C@@H](c2ccc(OC)c(OC3CCCC3)c2)C1. The molecule has 6 nitrogen and oxygen atoms in total. The molecule has 142 valence electrons. The fraction of sp³-hybridized carbons (Fsp3) is 0.600. The maximum atomic E-state index is 12.1. The molecule has 0 bridgehead atoms. The van der Waals surface area contributed by atoms with E-state index < -0.39 is 6.09 Å². The fourth-order valence-corrected chi connectivity index (χ4v) is 4.03. The van der Waals surface area contributed by atoms with Crippen molar-refractivity contribution in [1.29, 1.82) is 0 Å². The quantitative estimate of drug-likeness (QED) is 0.804. The molecule has 2 fully saturated rings. The molecular weight excluding hydrogens is 334 g/mol. The second kappa shape index (κ2) is 7.98. The van der Waals surface area contributed by atoms with Crippen LogP contribution in [0, 0.1) is 5.92 Å². The third kappa shape index (κ3) is 3.79. The molecule has 2 aliphatic rings. The molecule has 0 N–H and O–H groups in total. The number of rotatable bonds is 5. The maximum Gasteiger partial charge on any atom is 0.409 e. The van der Waals surface area contributed by atoms with Gasteiger partial charge in [0.25, 0.3) is 0 Å². The van der Waals surface area contributed by atoms with E-state index in [0.29, 0.717) is 18.8 Å². The molecule has 1 amide bonds. The third-order valence-electron chi connectivity index (χ3n) is 5.49. The van der Waals surface area contributed by atoms with Crippen molar-refractivity contribution in [2.75, 3.05) is 27.3 Å². The minimum Gasteiger partial charge on any atom is -0.493 e. The number of Topliss-reactive ketones (excluding diaryl/α,β-unsaturated/α-hetero) is 1. The molecule has 1 aromatic rings. The molecule has 6 heteroatoms. The molecule has 26 heavy (non-hydrogen) atoms. The van der Waals surface area contributed by atoms with Gasteiger partial charge in [-0.15, -0.1) is 0 Å². The van der Waals surface area contributed by atoms with Crippen molar-refractivity contribution in [3.8, 4) is 11.5 Å². The van der Waals surface area contributed by atoms with Gasteiger partial charge in [0, 0.05) is 24.9 Å². The number of hydrogen-bond acceptors (Lipinski definition) is 5. The largest absolute Gasteiger partial charge is 0.493 e. The zero-order valence-corrected chi connectivity index (χ0v) is 15.7. The van der Waals surface area contributed by atoms with Crippen molar-refractivity contribution in [2.24, 2.45) is 5.92 Å². The van der Waals surface area contributed by atoms with E-state index in [1.165, 1.54) is 20.0 Å². The first-order valence-corrected chi connectivity index (χ1v) is 9.21. The highest BCUT2D eigenvalue weighted by Crippen LogP contribution is 2.39. The average molecular weight is 361 g/mol. The van der Waals surface area contributed by atoms with Crippen LogP contribution in [0.5, 0.6) is 11.5 Å². The number of hydrogen-bond donors (Lipinski definition) is 0. The first-order valence-electron chi connectivity index (χ1n) is 9.21. The Kier molecular flexibility index (Phi) is 5.69. The molecule has 0 unspecified atom stereocenters. The summed E-state index contributed by atoms with van der Waals surface area (Å²) in [5.74, 6) is 1.19. The topological polar surface area (TPSA) is 65.1 Å². The van der Waals surface area contributed by atoms with E-state index in [1.807, 2.05) is 18.2 Å². The van der Waals surface area contributed by atoms with Crippen LogP contribution in [0.3, 0.4) is 0 Å². The van der Waals surface area contributed by atoms with E-state index in [9.17, 15) is 9.59 Å². The molecule has 1 aliphatic heterocycles. The average Bonchev–Trinajstić information content (AvgIpc) is 3.30. The van der Waals surface area contributed by atoms with E-state index in [4.69, 9.17) is 14.2 Å². The van der Waals surface area contributed by atoms with Crippen molar-refractivity contribution < 1.29 is 23.8 Å². The standard InChI is InChI=1S/C20H27NO5/c1-13(22)16-11-21(20(23)25-3)12-17(16)14-8-9-18(24-2)19(10-14)26-15-6-4-5-7-15/h8-10,15-17H,4-7,11-12H2,1-3H3/t16-,17-/m1/s1. The van der Waals surface area contributed by atoms with Crippen LogP contribution in [0.2, 0.25) is 0 Å². The van der Waals surface area contributed by atoms with Gasteiger partial charge in [0.15, 0.2) is 11.5 Å². The summed E-state index contributed by atoms with van der Waals surface area (Å²) in [6.07, 6.45) is 4.32. The number of methoxy groups -OCH3 is 2. The zero-order valence-electron chi connectivity index (χ0n) is 15.7. The first kappa shape index (κ1) is 18.5. The normalized spacial score (nSPS) is 23.1. The Morgan fingerprint density at radius 2 is 1.81 bits per heavy atom. The highest BCUT2D eigenvalue weighted by molar-refractivity contribution is 5.81. The predicted molar refractivity (Wildman–Crippen MR) is 96.8 cm³/mol. The lowest BCUT2D eigenvalue weighted by Crippen LogP contribution is -2.29. The molecule has 1 saturated heterocycles. The summed E-state index contributed by atoms with van der Waals surface area (Å²) in [5, 5.41) is 0. The summed E-state index contributed by atoms with van der Waals surface area (Å²) in [7, 11) is 2.99. The molecule has 0 aromatic heterocycles. The van der Waals surface area contributed by atoms with Gasteiger partial charge in [-0.3, -0.25) is 4.79 Å². The van der Waals surface area contributed by atoms with E-state index >= 15 is 0 Å². The van der Waals surface area contributed by atoms with E-state index in [1.54, 1.807) is 18.9 Å². The van der Waals surface area contributed by atoms with Crippen LogP contribution < -0.4 is 9.47 Å². The first-order chi connectivity index (χ1) is 12.5. The fourth-order valence-electron chi connectivity index (χ4n) is 4.03. The number of carbonyl (C=O) groups is 2. The summed E-state index contributed by atoms with van der Waals surface area (Å²) < 4.78 is 16.4. The summed E-state index contributed by atoms with van der Waals surface area (Å²) in [5.41, 5.74) is 0.991. The lowest BCUT2D eigenvalue weighted by Gasteiger charge is -2.20. The molecule has 2 atom stereocenters. The van der Waals surface area contributed by atoms with Crippen LogP contribution in [-0.2, 0) is 9.53 Å². The van der Waals surface area contributed by atoms with Crippen molar-refractivity contribution >= 4 is 11.9 Å². The maximum absolute atomic E-state index is 12.1. The molecule has 3 rings (SSSR count). The number of benzene rings is 1. The molecular formula is C20H27NO5. The Hall–Kier alpha value is -2.24. The van der Waals surface area contributed by atoms with E-state index in [2.05, 4.69) is 0 Å². The molecule has 1 aliphatic carbocycles. The van der Waals surface area contributed by atoms with Gasteiger partial charge in [-0.25, -0.2) is 4.79 Å². The Balaban J connectivity index is 1.86. The minimum atomic E-state index is -0.394. The van der Waals surface area contributed by atoms with Crippen molar-refractivity contribution in [2.45, 2.75) is 44.6 Å². The van der Waals surface area contributed by atoms with Gasteiger partial charge in [0.1, 0.15) is 5.78 Å². The predicted octanol–water partition coefficient (Wildman–Crippen LogP) is 3.39. The van der Waals surface area contributed by atoms with Crippen LogP contribution in [0.25, 0.3) is 0 Å². The minimum absolute atomic E-state index is 0.0663. The summed E-state index contributed by atoms with van der Waals surface area (Å²) in [4.78, 5) is 25.6. The van der Waals surface area contributed by atoms with Gasteiger partial charge >= 0.3 is 6.09 Å². The summed E-state index contributed by atoms with van der Waals surface area (Å²) in [6.45, 7) is 2.43. The molecule has 0 radical (unpaired) electrons. The number of ether oxygens (including phenoxy) is 3. The smallest absolute Gasteiger partial charge is 0.409 e. The Labute approximate surface area is 154 Å². The van der Waals surface area contributed by atoms with E-state index in [-0.39, 0.29) is 23.7 Å². The zero-order chi connectivity index (χ0) is 18.7.